The molecule has 0 aromatic heterocycles. The van der Waals surface area contributed by atoms with Crippen molar-refractivity contribution in [1.82, 2.24) is 10.6 Å². The summed E-state index contributed by atoms with van der Waals surface area (Å²) in [4.78, 5) is 23.3. The van der Waals surface area contributed by atoms with Gasteiger partial charge >= 0.3 is 0 Å². The molecule has 0 spiro atoms. The third-order valence-electron chi connectivity index (χ3n) is 2.21. The number of Topliss-reactive ketones (excluding diaryl/α,β-unsaturated/α-hetero) is 1. The van der Waals surface area contributed by atoms with Gasteiger partial charge in [-0.25, -0.2) is 0 Å². The maximum absolute atomic E-state index is 11.9. The molecule has 0 aromatic rings. The molecule has 0 radical (unpaired) electrons. The number of ketones is 1. The number of carbonyl (C=O) groups excluding carboxylic acids is 2. The molecule has 4 heteroatoms. The van der Waals surface area contributed by atoms with Gasteiger partial charge in [-0.05, 0) is 6.92 Å². The Morgan fingerprint density at radius 3 is 2.06 bits per heavy atom. The summed E-state index contributed by atoms with van der Waals surface area (Å²) in [6.45, 7) is 10.1. The predicted octanol–water partition coefficient (Wildman–Crippen LogP) is 1.10. The Morgan fingerprint density at radius 1 is 1.12 bits per heavy atom. The summed E-state index contributed by atoms with van der Waals surface area (Å²) in [7, 11) is 0. The Hall–Kier alpha value is -0.900. The fourth-order valence-electron chi connectivity index (χ4n) is 1.50. The van der Waals surface area contributed by atoms with Crippen LogP contribution in [-0.2, 0) is 9.59 Å². The van der Waals surface area contributed by atoms with E-state index in [1.165, 1.54) is 0 Å². The second-order valence-electron chi connectivity index (χ2n) is 4.59. The normalized spacial score (nSPS) is 12.9. The zero-order valence-electron chi connectivity index (χ0n) is 11.0. The van der Waals surface area contributed by atoms with Crippen molar-refractivity contribution >= 4 is 11.7 Å². The molecular weight excluding hydrogens is 204 g/mol. The molecule has 0 fully saturated rings. The van der Waals surface area contributed by atoms with Crippen LogP contribution >= 0.6 is 0 Å². The summed E-state index contributed by atoms with van der Waals surface area (Å²) in [6.07, 6.45) is 0.225. The zero-order valence-corrected chi connectivity index (χ0v) is 11.0. The smallest absolute Gasteiger partial charge is 0.222 e. The van der Waals surface area contributed by atoms with Gasteiger partial charge in [0, 0.05) is 24.9 Å². The molecule has 0 rings (SSSR count). The maximum Gasteiger partial charge on any atom is 0.222 e. The van der Waals surface area contributed by atoms with E-state index in [1.807, 2.05) is 34.6 Å². The number of hydrogen-bond acceptors (Lipinski definition) is 3. The first-order valence-corrected chi connectivity index (χ1v) is 5.94. The number of carbonyl (C=O) groups is 2. The second-order valence-corrected chi connectivity index (χ2v) is 4.59. The summed E-state index contributed by atoms with van der Waals surface area (Å²) in [5.41, 5.74) is 0. The van der Waals surface area contributed by atoms with Gasteiger partial charge in [0.1, 0.15) is 0 Å². The van der Waals surface area contributed by atoms with Crippen molar-refractivity contribution in [2.75, 3.05) is 6.54 Å². The lowest BCUT2D eigenvalue weighted by Gasteiger charge is -2.21. The first kappa shape index (κ1) is 15.1. The van der Waals surface area contributed by atoms with Gasteiger partial charge in [0.2, 0.25) is 5.91 Å². The first-order chi connectivity index (χ1) is 7.38. The lowest BCUT2D eigenvalue weighted by Crippen LogP contribution is -2.45. The van der Waals surface area contributed by atoms with Crippen molar-refractivity contribution < 1.29 is 9.59 Å². The second kappa shape index (κ2) is 7.39. The standard InChI is InChI=1S/C12H24N2O2/c1-6-13-11(15)7-10(14-9(4)5)12(16)8(2)3/h8-10,14H,6-7H2,1-5H3,(H,13,15)/t10-/m0/s1. The van der Waals surface area contributed by atoms with E-state index in [0.717, 1.165) is 0 Å². The Labute approximate surface area is 98.2 Å². The van der Waals surface area contributed by atoms with Crippen molar-refractivity contribution in [2.24, 2.45) is 5.92 Å². The van der Waals surface area contributed by atoms with Crippen LogP contribution in [0.1, 0.15) is 41.0 Å². The van der Waals surface area contributed by atoms with Crippen LogP contribution in [0.4, 0.5) is 0 Å². The number of rotatable bonds is 7. The Balaban J connectivity index is 4.43. The summed E-state index contributed by atoms with van der Waals surface area (Å²) >= 11 is 0. The molecule has 0 bridgehead atoms. The minimum absolute atomic E-state index is 0.0503. The Bertz CT molecular complexity index is 237. The minimum atomic E-state index is -0.369. The van der Waals surface area contributed by atoms with Crippen LogP contribution in [0.15, 0.2) is 0 Å². The molecule has 0 saturated carbocycles. The topological polar surface area (TPSA) is 58.2 Å². The van der Waals surface area contributed by atoms with Crippen molar-refractivity contribution in [3.05, 3.63) is 0 Å². The third-order valence-corrected chi connectivity index (χ3v) is 2.21. The highest BCUT2D eigenvalue weighted by atomic mass is 16.2. The van der Waals surface area contributed by atoms with E-state index in [0.29, 0.717) is 6.54 Å². The van der Waals surface area contributed by atoms with Crippen LogP contribution in [0.25, 0.3) is 0 Å². The number of hydrogen-bond donors (Lipinski definition) is 2. The van der Waals surface area contributed by atoms with Gasteiger partial charge in [0.15, 0.2) is 5.78 Å². The third kappa shape index (κ3) is 5.85. The molecule has 94 valence electrons. The summed E-state index contributed by atoms with van der Waals surface area (Å²) in [5.74, 6) is -0.0275. The summed E-state index contributed by atoms with van der Waals surface area (Å²) < 4.78 is 0. The van der Waals surface area contributed by atoms with Crippen LogP contribution in [0.3, 0.4) is 0 Å². The van der Waals surface area contributed by atoms with E-state index in [4.69, 9.17) is 0 Å². The van der Waals surface area contributed by atoms with Gasteiger partial charge < -0.3 is 10.6 Å². The molecule has 2 N–H and O–H groups in total. The van der Waals surface area contributed by atoms with Crippen LogP contribution in [0.5, 0.6) is 0 Å². The lowest BCUT2D eigenvalue weighted by molar-refractivity contribution is -0.129. The molecule has 0 heterocycles. The van der Waals surface area contributed by atoms with Crippen LogP contribution in [0, 0.1) is 5.92 Å². The van der Waals surface area contributed by atoms with E-state index < -0.39 is 0 Å². The fourth-order valence-corrected chi connectivity index (χ4v) is 1.50. The SMILES string of the molecule is CCNC(=O)C[C@H](NC(C)C)C(=O)C(C)C. The van der Waals surface area contributed by atoms with Gasteiger partial charge in [-0.2, -0.15) is 0 Å². The molecule has 0 unspecified atom stereocenters. The van der Waals surface area contributed by atoms with Crippen molar-refractivity contribution in [2.45, 2.75) is 53.1 Å². The van der Waals surface area contributed by atoms with Crippen molar-refractivity contribution in [1.29, 1.82) is 0 Å². The molecule has 0 saturated heterocycles. The maximum atomic E-state index is 11.9. The van der Waals surface area contributed by atoms with Gasteiger partial charge in [-0.3, -0.25) is 9.59 Å². The van der Waals surface area contributed by atoms with Gasteiger partial charge in [0.05, 0.1) is 6.04 Å². The van der Waals surface area contributed by atoms with Crippen molar-refractivity contribution in [3.63, 3.8) is 0 Å². The van der Waals surface area contributed by atoms with E-state index >= 15 is 0 Å². The number of nitrogens with one attached hydrogen (secondary N) is 2. The lowest BCUT2D eigenvalue weighted by atomic mass is 9.98. The van der Waals surface area contributed by atoms with Gasteiger partial charge in [-0.15, -0.1) is 0 Å². The van der Waals surface area contributed by atoms with E-state index in [-0.39, 0.29) is 36.1 Å². The first-order valence-electron chi connectivity index (χ1n) is 5.94. The summed E-state index contributed by atoms with van der Waals surface area (Å²) in [5, 5.41) is 5.85. The number of amides is 1. The average molecular weight is 228 g/mol. The summed E-state index contributed by atoms with van der Waals surface area (Å²) in [6, 6.07) is -0.173. The molecule has 1 atom stereocenters. The molecule has 0 aliphatic rings. The quantitative estimate of drug-likeness (QED) is 0.686. The van der Waals surface area contributed by atoms with Gasteiger partial charge in [0.25, 0.3) is 0 Å². The molecule has 1 amide bonds. The average Bonchev–Trinajstić information content (AvgIpc) is 2.15. The molecule has 0 aromatic carbocycles. The molecule has 0 aliphatic heterocycles. The zero-order chi connectivity index (χ0) is 12.7. The highest BCUT2D eigenvalue weighted by molar-refractivity contribution is 5.90. The minimum Gasteiger partial charge on any atom is -0.356 e. The Morgan fingerprint density at radius 2 is 1.69 bits per heavy atom. The van der Waals surface area contributed by atoms with Gasteiger partial charge in [-0.1, -0.05) is 27.7 Å². The molecule has 4 nitrogen and oxygen atoms in total. The molecule has 16 heavy (non-hydrogen) atoms. The molecule has 0 aliphatic carbocycles. The van der Waals surface area contributed by atoms with Crippen LogP contribution in [0.2, 0.25) is 0 Å². The van der Waals surface area contributed by atoms with E-state index in [1.54, 1.807) is 0 Å². The Kier molecular flexibility index (Phi) is 6.97. The van der Waals surface area contributed by atoms with Crippen molar-refractivity contribution in [3.8, 4) is 0 Å². The van der Waals surface area contributed by atoms with E-state index in [9.17, 15) is 9.59 Å². The predicted molar refractivity (Wildman–Crippen MR) is 65.2 cm³/mol. The molecular formula is C12H24N2O2. The van der Waals surface area contributed by atoms with E-state index in [2.05, 4.69) is 10.6 Å². The highest BCUT2D eigenvalue weighted by Crippen LogP contribution is 2.05. The van der Waals surface area contributed by atoms with Crippen LogP contribution < -0.4 is 10.6 Å². The fraction of sp³-hybridized carbons (Fsp3) is 0.833. The monoisotopic (exact) mass is 228 g/mol. The largest absolute Gasteiger partial charge is 0.356 e. The highest BCUT2D eigenvalue weighted by Gasteiger charge is 2.23. The van der Waals surface area contributed by atoms with Crippen LogP contribution in [-0.4, -0.2) is 30.3 Å².